The SMILES string of the molecule is [B]c1ccc2cc(CNC(C)(C)C(=O)OC3CCCC3)ccc2c1. The molecule has 124 valence electrons. The van der Waals surface area contributed by atoms with Gasteiger partial charge >= 0.3 is 5.97 Å². The maximum atomic E-state index is 12.4. The molecule has 3 nitrogen and oxygen atoms in total. The molecule has 0 bridgehead atoms. The highest BCUT2D eigenvalue weighted by molar-refractivity contribution is 6.33. The van der Waals surface area contributed by atoms with E-state index in [4.69, 9.17) is 12.6 Å². The van der Waals surface area contributed by atoms with Crippen molar-refractivity contribution in [3.8, 4) is 0 Å². The zero-order chi connectivity index (χ0) is 17.2. The van der Waals surface area contributed by atoms with E-state index in [2.05, 4.69) is 23.5 Å². The zero-order valence-corrected chi connectivity index (χ0v) is 14.5. The molecule has 0 amide bonds. The third kappa shape index (κ3) is 3.99. The molecule has 0 unspecified atom stereocenters. The predicted octanol–water partition coefficient (Wildman–Crippen LogP) is 2.99. The summed E-state index contributed by atoms with van der Waals surface area (Å²) in [5.74, 6) is -0.164. The van der Waals surface area contributed by atoms with Gasteiger partial charge in [-0.15, -0.1) is 0 Å². The molecular formula is C20H24BNO2. The van der Waals surface area contributed by atoms with Gasteiger partial charge in [-0.1, -0.05) is 35.8 Å². The average molecular weight is 321 g/mol. The molecule has 3 rings (SSSR count). The van der Waals surface area contributed by atoms with Crippen LogP contribution in [0.1, 0.15) is 45.1 Å². The molecule has 1 saturated carbocycles. The van der Waals surface area contributed by atoms with E-state index in [9.17, 15) is 4.79 Å². The van der Waals surface area contributed by atoms with Gasteiger partial charge in [-0.05, 0) is 61.9 Å². The van der Waals surface area contributed by atoms with Crippen molar-refractivity contribution in [1.29, 1.82) is 0 Å². The molecule has 24 heavy (non-hydrogen) atoms. The predicted molar refractivity (Wildman–Crippen MR) is 98.6 cm³/mol. The van der Waals surface area contributed by atoms with Crippen LogP contribution in [-0.2, 0) is 16.1 Å². The highest BCUT2D eigenvalue weighted by Crippen LogP contribution is 2.23. The van der Waals surface area contributed by atoms with Crippen molar-refractivity contribution in [2.45, 2.75) is 57.7 Å². The van der Waals surface area contributed by atoms with Crippen molar-refractivity contribution in [3.63, 3.8) is 0 Å². The van der Waals surface area contributed by atoms with Gasteiger partial charge in [0.25, 0.3) is 0 Å². The van der Waals surface area contributed by atoms with Crippen LogP contribution in [0.5, 0.6) is 0 Å². The summed E-state index contributed by atoms with van der Waals surface area (Å²) in [7, 11) is 5.81. The summed E-state index contributed by atoms with van der Waals surface area (Å²) in [4.78, 5) is 12.4. The lowest BCUT2D eigenvalue weighted by molar-refractivity contribution is -0.155. The summed E-state index contributed by atoms with van der Waals surface area (Å²) < 4.78 is 5.63. The Morgan fingerprint density at radius 3 is 2.58 bits per heavy atom. The molecule has 2 aromatic carbocycles. The monoisotopic (exact) mass is 321 g/mol. The lowest BCUT2D eigenvalue weighted by Crippen LogP contribution is -2.48. The molecule has 0 spiro atoms. The van der Waals surface area contributed by atoms with Gasteiger partial charge in [0.15, 0.2) is 0 Å². The number of esters is 1. The minimum absolute atomic E-state index is 0.102. The van der Waals surface area contributed by atoms with E-state index >= 15 is 0 Å². The Balaban J connectivity index is 1.63. The standard InChI is InChI=1S/C20H24BNO2/c1-20(2,19(23)24-18-5-3-4-6-18)22-13-14-7-8-16-12-17(21)10-9-15(16)11-14/h7-12,18,22H,3-6,13H2,1-2H3. The first-order chi connectivity index (χ1) is 11.4. The van der Waals surface area contributed by atoms with Crippen molar-refractivity contribution in [2.75, 3.05) is 0 Å². The van der Waals surface area contributed by atoms with E-state index in [-0.39, 0.29) is 12.1 Å². The van der Waals surface area contributed by atoms with Crippen molar-refractivity contribution >= 4 is 30.1 Å². The van der Waals surface area contributed by atoms with Gasteiger partial charge in [-0.25, -0.2) is 0 Å². The largest absolute Gasteiger partial charge is 0.461 e. The van der Waals surface area contributed by atoms with Gasteiger partial charge in [0.05, 0.1) is 0 Å². The second-order valence-corrected chi connectivity index (χ2v) is 7.23. The molecule has 0 atom stereocenters. The first-order valence-electron chi connectivity index (χ1n) is 8.68. The average Bonchev–Trinajstić information content (AvgIpc) is 3.06. The number of ether oxygens (including phenoxy) is 1. The quantitative estimate of drug-likeness (QED) is 0.680. The summed E-state index contributed by atoms with van der Waals surface area (Å²) >= 11 is 0. The van der Waals surface area contributed by atoms with Gasteiger partial charge in [-0.3, -0.25) is 10.1 Å². The smallest absolute Gasteiger partial charge is 0.326 e. The molecule has 4 heteroatoms. The number of benzene rings is 2. The molecule has 2 radical (unpaired) electrons. The van der Waals surface area contributed by atoms with Gasteiger partial charge in [0, 0.05) is 6.54 Å². The second kappa shape index (κ2) is 6.98. The third-order valence-corrected chi connectivity index (χ3v) is 4.75. The fourth-order valence-corrected chi connectivity index (χ4v) is 3.12. The number of carbonyl (C=O) groups excluding carboxylic acids is 1. The van der Waals surface area contributed by atoms with Crippen molar-refractivity contribution in [3.05, 3.63) is 42.0 Å². The summed E-state index contributed by atoms with van der Waals surface area (Å²) in [5.41, 5.74) is 1.21. The van der Waals surface area contributed by atoms with Crippen molar-refractivity contribution in [1.82, 2.24) is 5.32 Å². The summed E-state index contributed by atoms with van der Waals surface area (Å²) in [6.45, 7) is 4.38. The fourth-order valence-electron chi connectivity index (χ4n) is 3.12. The minimum Gasteiger partial charge on any atom is -0.461 e. The van der Waals surface area contributed by atoms with Crippen LogP contribution in [0, 0.1) is 0 Å². The van der Waals surface area contributed by atoms with Crippen LogP contribution in [0.25, 0.3) is 10.8 Å². The number of hydrogen-bond donors (Lipinski definition) is 1. The van der Waals surface area contributed by atoms with Crippen LogP contribution in [0.15, 0.2) is 36.4 Å². The van der Waals surface area contributed by atoms with Crippen LogP contribution in [0.3, 0.4) is 0 Å². The molecule has 0 saturated heterocycles. The molecular weight excluding hydrogens is 297 g/mol. The Morgan fingerprint density at radius 2 is 1.83 bits per heavy atom. The molecule has 0 heterocycles. The van der Waals surface area contributed by atoms with Crippen LogP contribution in [-0.4, -0.2) is 25.5 Å². The third-order valence-electron chi connectivity index (χ3n) is 4.75. The van der Waals surface area contributed by atoms with Gasteiger partial charge in [0.2, 0.25) is 0 Å². The van der Waals surface area contributed by atoms with Crippen molar-refractivity contribution < 1.29 is 9.53 Å². The van der Waals surface area contributed by atoms with E-state index < -0.39 is 5.54 Å². The van der Waals surface area contributed by atoms with E-state index in [1.54, 1.807) is 0 Å². The first kappa shape index (κ1) is 17.0. The van der Waals surface area contributed by atoms with E-state index in [1.807, 2.05) is 32.0 Å². The highest BCUT2D eigenvalue weighted by atomic mass is 16.5. The van der Waals surface area contributed by atoms with E-state index in [1.165, 1.54) is 0 Å². The Morgan fingerprint density at radius 1 is 1.17 bits per heavy atom. The summed E-state index contributed by atoms with van der Waals surface area (Å²) in [5, 5.41) is 5.60. The Hall–Kier alpha value is -1.81. The highest BCUT2D eigenvalue weighted by Gasteiger charge is 2.31. The first-order valence-corrected chi connectivity index (χ1v) is 8.68. The molecule has 1 N–H and O–H groups in total. The molecule has 1 aliphatic rings. The van der Waals surface area contributed by atoms with Gasteiger partial charge in [-0.2, -0.15) is 0 Å². The minimum atomic E-state index is -0.696. The maximum absolute atomic E-state index is 12.4. The van der Waals surface area contributed by atoms with Gasteiger partial charge < -0.3 is 4.74 Å². The number of hydrogen-bond acceptors (Lipinski definition) is 3. The summed E-state index contributed by atoms with van der Waals surface area (Å²) in [6.07, 6.45) is 4.41. The van der Waals surface area contributed by atoms with Gasteiger partial charge in [0.1, 0.15) is 19.5 Å². The summed E-state index contributed by atoms with van der Waals surface area (Å²) in [6, 6.07) is 12.1. The van der Waals surface area contributed by atoms with Crippen LogP contribution < -0.4 is 10.8 Å². The normalized spacial score (nSPS) is 15.8. The van der Waals surface area contributed by atoms with Crippen LogP contribution in [0.2, 0.25) is 0 Å². The topological polar surface area (TPSA) is 38.3 Å². The van der Waals surface area contributed by atoms with E-state index in [0.29, 0.717) is 6.54 Å². The molecule has 0 aliphatic heterocycles. The number of fused-ring (bicyclic) bond motifs is 1. The Kier molecular flexibility index (Phi) is 4.95. The zero-order valence-electron chi connectivity index (χ0n) is 14.5. The molecule has 1 aliphatic carbocycles. The van der Waals surface area contributed by atoms with Crippen molar-refractivity contribution in [2.24, 2.45) is 0 Å². The maximum Gasteiger partial charge on any atom is 0.326 e. The Bertz CT molecular complexity index is 735. The number of carbonyl (C=O) groups is 1. The lowest BCUT2D eigenvalue weighted by Gasteiger charge is -2.26. The lowest BCUT2D eigenvalue weighted by atomic mass is 9.93. The van der Waals surface area contributed by atoms with Crippen LogP contribution in [0.4, 0.5) is 0 Å². The molecule has 1 fully saturated rings. The van der Waals surface area contributed by atoms with Crippen LogP contribution >= 0.6 is 0 Å². The Labute approximate surface area is 145 Å². The second-order valence-electron chi connectivity index (χ2n) is 7.23. The fraction of sp³-hybridized carbons (Fsp3) is 0.450. The van der Waals surface area contributed by atoms with E-state index in [0.717, 1.165) is 47.5 Å². The molecule has 0 aromatic heterocycles. The molecule has 2 aromatic rings. The number of nitrogens with one attached hydrogen (secondary N) is 1. The number of rotatable bonds is 5.